The van der Waals surface area contributed by atoms with Crippen LogP contribution in [0.15, 0.2) is 33.9 Å². The van der Waals surface area contributed by atoms with Gasteiger partial charge < -0.3 is 19.8 Å². The summed E-state index contributed by atoms with van der Waals surface area (Å²) in [6.07, 6.45) is 0.166. The molecule has 1 aliphatic heterocycles. The lowest BCUT2D eigenvalue weighted by molar-refractivity contribution is -0.125. The molecule has 2 heterocycles. The van der Waals surface area contributed by atoms with Gasteiger partial charge in [-0.25, -0.2) is 9.59 Å². The number of rotatable bonds is 7. The Morgan fingerprint density at radius 3 is 2.63 bits per heavy atom. The molecule has 158 valence electrons. The van der Waals surface area contributed by atoms with E-state index < -0.39 is 23.8 Å². The van der Waals surface area contributed by atoms with Gasteiger partial charge in [-0.15, -0.1) is 10.2 Å². The van der Waals surface area contributed by atoms with E-state index in [-0.39, 0.29) is 35.2 Å². The van der Waals surface area contributed by atoms with Crippen LogP contribution in [-0.2, 0) is 20.7 Å². The zero-order chi connectivity index (χ0) is 21.7. The molecule has 3 rings (SSSR count). The molecular formula is C18H19N5O6S. The summed E-state index contributed by atoms with van der Waals surface area (Å²) in [5.74, 6) is -1.43. The zero-order valence-electron chi connectivity index (χ0n) is 16.1. The highest BCUT2D eigenvalue weighted by molar-refractivity contribution is 7.99. The van der Waals surface area contributed by atoms with Gasteiger partial charge in [0.15, 0.2) is 0 Å². The summed E-state index contributed by atoms with van der Waals surface area (Å²) in [5.41, 5.74) is 0.905. The average molecular weight is 433 g/mol. The van der Waals surface area contributed by atoms with E-state index in [1.807, 2.05) is 0 Å². The van der Waals surface area contributed by atoms with E-state index in [0.717, 1.165) is 11.8 Å². The molecule has 0 spiro atoms. The normalized spacial score (nSPS) is 18.3. The quantitative estimate of drug-likeness (QED) is 0.428. The first-order chi connectivity index (χ1) is 14.4. The fourth-order valence-electron chi connectivity index (χ4n) is 2.74. The van der Waals surface area contributed by atoms with Gasteiger partial charge in [0.2, 0.25) is 17.7 Å². The van der Waals surface area contributed by atoms with Crippen molar-refractivity contribution in [3.8, 4) is 0 Å². The zero-order valence-corrected chi connectivity index (χ0v) is 16.9. The van der Waals surface area contributed by atoms with E-state index in [4.69, 9.17) is 4.42 Å². The molecule has 0 saturated carbocycles. The number of carbonyl (C=O) groups excluding carboxylic acids is 4. The maximum Gasteiger partial charge on any atom is 0.337 e. The van der Waals surface area contributed by atoms with Gasteiger partial charge in [-0.1, -0.05) is 11.8 Å². The number of nitrogens with one attached hydrogen (secondary N) is 3. The van der Waals surface area contributed by atoms with Crippen LogP contribution in [0.1, 0.15) is 23.2 Å². The SMILES string of the molecule is COC(=O)c1ccc(NC(=O)CSc2nnc(CC3C(=O)NC(=O)NC3C)o2)cc1. The molecule has 12 heteroatoms. The molecule has 11 nitrogen and oxygen atoms in total. The minimum absolute atomic E-state index is 0.0246. The molecule has 1 aromatic carbocycles. The third-order valence-corrected chi connectivity index (χ3v) is 5.11. The summed E-state index contributed by atoms with van der Waals surface area (Å²) in [7, 11) is 1.29. The van der Waals surface area contributed by atoms with E-state index >= 15 is 0 Å². The van der Waals surface area contributed by atoms with Crippen molar-refractivity contribution in [1.29, 1.82) is 0 Å². The summed E-state index contributed by atoms with van der Waals surface area (Å²) < 4.78 is 10.1. The van der Waals surface area contributed by atoms with Crippen LogP contribution in [0.2, 0.25) is 0 Å². The standard InChI is InChI=1S/C18H19N5O6S/c1-9-12(15(25)21-17(27)19-9)7-14-22-23-18(29-14)30-8-13(24)20-11-5-3-10(4-6-11)16(26)28-2/h3-6,9,12H,7-8H2,1-2H3,(H,20,24)(H2,19,21,25,27). The average Bonchev–Trinajstić information content (AvgIpc) is 3.17. The molecule has 2 atom stereocenters. The minimum Gasteiger partial charge on any atom is -0.465 e. The van der Waals surface area contributed by atoms with Crippen molar-refractivity contribution in [3.63, 3.8) is 0 Å². The smallest absolute Gasteiger partial charge is 0.337 e. The van der Waals surface area contributed by atoms with Crippen molar-refractivity contribution in [3.05, 3.63) is 35.7 Å². The Kier molecular flexibility index (Phi) is 6.67. The molecule has 1 aromatic heterocycles. The second kappa shape index (κ2) is 9.39. The maximum atomic E-state index is 12.1. The molecule has 0 aliphatic carbocycles. The predicted molar refractivity (Wildman–Crippen MR) is 105 cm³/mol. The number of imide groups is 1. The van der Waals surface area contributed by atoms with Crippen LogP contribution < -0.4 is 16.0 Å². The van der Waals surface area contributed by atoms with Crippen LogP contribution in [0.4, 0.5) is 10.5 Å². The first-order valence-electron chi connectivity index (χ1n) is 8.90. The van der Waals surface area contributed by atoms with Crippen LogP contribution in [-0.4, -0.2) is 52.9 Å². The number of amides is 4. The number of hydrogen-bond donors (Lipinski definition) is 3. The Morgan fingerprint density at radius 1 is 1.23 bits per heavy atom. The van der Waals surface area contributed by atoms with Crippen molar-refractivity contribution in [2.75, 3.05) is 18.2 Å². The van der Waals surface area contributed by atoms with Gasteiger partial charge in [-0.05, 0) is 31.2 Å². The summed E-state index contributed by atoms with van der Waals surface area (Å²) in [4.78, 5) is 46.7. The first-order valence-corrected chi connectivity index (χ1v) is 9.89. The summed E-state index contributed by atoms with van der Waals surface area (Å²) in [5, 5.41) is 15.4. The molecule has 4 amide bonds. The summed E-state index contributed by atoms with van der Waals surface area (Å²) >= 11 is 1.05. The van der Waals surface area contributed by atoms with Crippen molar-refractivity contribution in [1.82, 2.24) is 20.8 Å². The highest BCUT2D eigenvalue weighted by Crippen LogP contribution is 2.20. The lowest BCUT2D eigenvalue weighted by Gasteiger charge is -2.27. The number of ether oxygens (including phenoxy) is 1. The number of methoxy groups -OCH3 is 1. The minimum atomic E-state index is -0.531. The van der Waals surface area contributed by atoms with Crippen molar-refractivity contribution < 1.29 is 28.3 Å². The van der Waals surface area contributed by atoms with Crippen LogP contribution in [0.3, 0.4) is 0 Å². The molecule has 2 aromatic rings. The van der Waals surface area contributed by atoms with Crippen molar-refractivity contribution >= 4 is 41.3 Å². The van der Waals surface area contributed by atoms with Gasteiger partial charge in [0.25, 0.3) is 5.22 Å². The predicted octanol–water partition coefficient (Wildman–Crippen LogP) is 0.974. The summed E-state index contributed by atoms with van der Waals surface area (Å²) in [6.45, 7) is 1.72. The molecule has 0 bridgehead atoms. The van der Waals surface area contributed by atoms with Gasteiger partial charge in [0, 0.05) is 18.2 Å². The Hall–Kier alpha value is -3.41. The number of benzene rings is 1. The molecule has 1 aliphatic rings. The fraction of sp³-hybridized carbons (Fsp3) is 0.333. The van der Waals surface area contributed by atoms with E-state index in [1.54, 1.807) is 31.2 Å². The molecule has 0 radical (unpaired) electrons. The molecule has 1 fully saturated rings. The summed E-state index contributed by atoms with van der Waals surface area (Å²) in [6, 6.07) is 5.37. The number of carbonyl (C=O) groups is 4. The van der Waals surface area contributed by atoms with Crippen LogP contribution >= 0.6 is 11.8 Å². The number of aromatic nitrogens is 2. The van der Waals surface area contributed by atoms with Crippen LogP contribution in [0, 0.1) is 5.92 Å². The number of thioether (sulfide) groups is 1. The third kappa shape index (κ3) is 5.35. The molecule has 30 heavy (non-hydrogen) atoms. The Morgan fingerprint density at radius 2 is 1.97 bits per heavy atom. The fourth-order valence-corrected chi connectivity index (χ4v) is 3.32. The van der Waals surface area contributed by atoms with E-state index in [1.165, 1.54) is 7.11 Å². The monoisotopic (exact) mass is 433 g/mol. The molecule has 3 N–H and O–H groups in total. The lowest BCUT2D eigenvalue weighted by Crippen LogP contribution is -2.57. The third-order valence-electron chi connectivity index (χ3n) is 4.30. The Bertz CT molecular complexity index is 960. The second-order valence-corrected chi connectivity index (χ2v) is 7.36. The van der Waals surface area contributed by atoms with E-state index in [0.29, 0.717) is 11.3 Å². The van der Waals surface area contributed by atoms with Crippen molar-refractivity contribution in [2.24, 2.45) is 5.92 Å². The molecule has 2 unspecified atom stereocenters. The molecule has 1 saturated heterocycles. The van der Waals surface area contributed by atoms with Gasteiger partial charge >= 0.3 is 12.0 Å². The van der Waals surface area contributed by atoms with Crippen molar-refractivity contribution in [2.45, 2.75) is 24.6 Å². The largest absolute Gasteiger partial charge is 0.465 e. The van der Waals surface area contributed by atoms with Gasteiger partial charge in [0.1, 0.15) is 0 Å². The first kappa shape index (κ1) is 21.3. The molecular weight excluding hydrogens is 414 g/mol. The van der Waals surface area contributed by atoms with Gasteiger partial charge in [-0.3, -0.25) is 14.9 Å². The van der Waals surface area contributed by atoms with Crippen LogP contribution in [0.5, 0.6) is 0 Å². The lowest BCUT2D eigenvalue weighted by atomic mass is 9.95. The topological polar surface area (TPSA) is 153 Å². The second-order valence-electron chi connectivity index (χ2n) is 6.43. The van der Waals surface area contributed by atoms with E-state index in [2.05, 4.69) is 30.9 Å². The number of esters is 1. The van der Waals surface area contributed by atoms with Gasteiger partial charge in [-0.2, -0.15) is 0 Å². The number of urea groups is 1. The number of hydrogen-bond acceptors (Lipinski definition) is 9. The highest BCUT2D eigenvalue weighted by Gasteiger charge is 2.34. The Balaban J connectivity index is 1.49. The van der Waals surface area contributed by atoms with E-state index in [9.17, 15) is 19.2 Å². The maximum absolute atomic E-state index is 12.1. The highest BCUT2D eigenvalue weighted by atomic mass is 32.2. The number of nitrogens with zero attached hydrogens (tertiary/aromatic N) is 2. The Labute approximate surface area is 175 Å². The van der Waals surface area contributed by atoms with Crippen LogP contribution in [0.25, 0.3) is 0 Å². The van der Waals surface area contributed by atoms with Gasteiger partial charge in [0.05, 0.1) is 24.3 Å². The number of anilines is 1.